The van der Waals surface area contributed by atoms with E-state index in [1.807, 2.05) is 13.8 Å². The molecule has 0 bridgehead atoms. The second kappa shape index (κ2) is 5.89. The molecule has 6 heteroatoms. The van der Waals surface area contributed by atoms with Gasteiger partial charge in [0.1, 0.15) is 0 Å². The molecule has 0 aromatic heterocycles. The largest absolute Gasteiger partial charge is 0.353 e. The summed E-state index contributed by atoms with van der Waals surface area (Å²) in [5.74, 6) is -0.0581. The van der Waals surface area contributed by atoms with Crippen molar-refractivity contribution < 1.29 is 4.79 Å². The first kappa shape index (κ1) is 17.4. The molecule has 0 radical (unpaired) electrons. The van der Waals surface area contributed by atoms with Crippen molar-refractivity contribution in [3.05, 3.63) is 0 Å². The Morgan fingerprint density at radius 2 is 1.87 bits per heavy atom. The van der Waals surface area contributed by atoms with Crippen molar-refractivity contribution in [1.29, 1.82) is 0 Å². The van der Waals surface area contributed by atoms with Gasteiger partial charge in [0.2, 0.25) is 5.91 Å². The van der Waals surface area contributed by atoms with E-state index >= 15 is 0 Å². The van der Waals surface area contributed by atoms with Gasteiger partial charge in [-0.15, -0.1) is 24.8 Å². The van der Waals surface area contributed by atoms with E-state index < -0.39 is 5.54 Å². The van der Waals surface area contributed by atoms with Crippen molar-refractivity contribution in [3.8, 4) is 0 Å². The third kappa shape index (κ3) is 5.02. The highest BCUT2D eigenvalue weighted by atomic mass is 35.5. The van der Waals surface area contributed by atoms with E-state index in [-0.39, 0.29) is 36.3 Å². The molecule has 1 aliphatic rings. The van der Waals surface area contributed by atoms with E-state index in [1.165, 1.54) is 0 Å². The number of halogens is 2. The minimum absolute atomic E-state index is 0. The highest BCUT2D eigenvalue weighted by molar-refractivity contribution is 5.87. The summed E-state index contributed by atoms with van der Waals surface area (Å²) in [6, 6.07) is 0. The van der Waals surface area contributed by atoms with E-state index in [9.17, 15) is 4.79 Å². The first-order valence-corrected chi connectivity index (χ1v) is 4.70. The summed E-state index contributed by atoms with van der Waals surface area (Å²) < 4.78 is 0. The molecule has 1 aliphatic carbocycles. The van der Waals surface area contributed by atoms with Crippen LogP contribution in [0.3, 0.4) is 0 Å². The van der Waals surface area contributed by atoms with Crippen LogP contribution < -0.4 is 16.8 Å². The Hall–Kier alpha value is -0.0300. The number of hydrogen-bond acceptors (Lipinski definition) is 3. The van der Waals surface area contributed by atoms with Crippen LogP contribution in [0.1, 0.15) is 33.1 Å². The quantitative estimate of drug-likeness (QED) is 0.692. The van der Waals surface area contributed by atoms with Gasteiger partial charge in [-0.1, -0.05) is 0 Å². The predicted octanol–water partition coefficient (Wildman–Crippen LogP) is 0.565. The van der Waals surface area contributed by atoms with Crippen LogP contribution in [0.4, 0.5) is 0 Å². The lowest BCUT2D eigenvalue weighted by atomic mass is 9.77. The predicted molar refractivity (Wildman–Crippen MR) is 66.5 cm³/mol. The summed E-state index contributed by atoms with van der Waals surface area (Å²) >= 11 is 0. The first-order valence-electron chi connectivity index (χ1n) is 4.70. The van der Waals surface area contributed by atoms with Gasteiger partial charge in [0.05, 0.1) is 5.54 Å². The molecular weight excluding hydrogens is 237 g/mol. The second-order valence-corrected chi connectivity index (χ2v) is 4.68. The third-order valence-electron chi connectivity index (χ3n) is 2.40. The molecule has 92 valence electrons. The fraction of sp³-hybridized carbons (Fsp3) is 0.889. The summed E-state index contributed by atoms with van der Waals surface area (Å²) in [6.07, 6.45) is 2.64. The zero-order valence-electron chi connectivity index (χ0n) is 9.21. The van der Waals surface area contributed by atoms with Gasteiger partial charge in [-0.3, -0.25) is 4.79 Å². The molecule has 0 unspecified atom stereocenters. The fourth-order valence-electron chi connectivity index (χ4n) is 1.27. The molecule has 5 N–H and O–H groups in total. The van der Waals surface area contributed by atoms with Crippen molar-refractivity contribution in [2.45, 2.75) is 44.2 Å². The summed E-state index contributed by atoms with van der Waals surface area (Å²) in [7, 11) is 0. The molecule has 0 saturated heterocycles. The van der Waals surface area contributed by atoms with E-state index in [4.69, 9.17) is 11.5 Å². The van der Waals surface area contributed by atoms with Gasteiger partial charge in [-0.25, -0.2) is 0 Å². The monoisotopic (exact) mass is 257 g/mol. The number of hydrogen-bond donors (Lipinski definition) is 3. The van der Waals surface area contributed by atoms with Gasteiger partial charge in [-0.2, -0.15) is 0 Å². The Kier molecular flexibility index (Phi) is 6.82. The molecule has 0 aromatic carbocycles. The van der Waals surface area contributed by atoms with Crippen LogP contribution in [0.25, 0.3) is 0 Å². The fourth-order valence-corrected chi connectivity index (χ4v) is 1.27. The average molecular weight is 258 g/mol. The van der Waals surface area contributed by atoms with Crippen molar-refractivity contribution in [2.75, 3.05) is 6.54 Å². The van der Waals surface area contributed by atoms with Crippen molar-refractivity contribution >= 4 is 30.7 Å². The van der Waals surface area contributed by atoms with Crippen LogP contribution in [0.2, 0.25) is 0 Å². The number of carbonyl (C=O) groups is 1. The van der Waals surface area contributed by atoms with Crippen LogP contribution in [-0.2, 0) is 4.79 Å². The van der Waals surface area contributed by atoms with Crippen LogP contribution in [0, 0.1) is 0 Å². The van der Waals surface area contributed by atoms with E-state index in [2.05, 4.69) is 5.32 Å². The minimum atomic E-state index is -0.606. The lowest BCUT2D eigenvalue weighted by molar-refractivity contribution is -0.129. The molecular formula is C9H21Cl2N3O. The van der Waals surface area contributed by atoms with E-state index in [0.717, 1.165) is 19.3 Å². The van der Waals surface area contributed by atoms with Crippen LogP contribution >= 0.6 is 24.8 Å². The van der Waals surface area contributed by atoms with Gasteiger partial charge >= 0.3 is 0 Å². The van der Waals surface area contributed by atoms with Crippen molar-refractivity contribution in [1.82, 2.24) is 5.32 Å². The molecule has 1 amide bonds. The smallest absolute Gasteiger partial charge is 0.240 e. The maximum atomic E-state index is 11.5. The molecule has 0 spiro atoms. The van der Waals surface area contributed by atoms with Crippen molar-refractivity contribution in [2.24, 2.45) is 11.5 Å². The van der Waals surface area contributed by atoms with E-state index in [0.29, 0.717) is 6.54 Å². The number of carbonyl (C=O) groups excluding carboxylic acids is 1. The molecule has 15 heavy (non-hydrogen) atoms. The minimum Gasteiger partial charge on any atom is -0.353 e. The highest BCUT2D eigenvalue weighted by Gasteiger charge is 2.40. The van der Waals surface area contributed by atoms with Gasteiger partial charge in [-0.05, 0) is 33.1 Å². The Bertz CT molecular complexity index is 212. The third-order valence-corrected chi connectivity index (χ3v) is 2.40. The molecule has 1 rings (SSSR count). The van der Waals surface area contributed by atoms with Crippen LogP contribution in [0.5, 0.6) is 0 Å². The van der Waals surface area contributed by atoms with Gasteiger partial charge in [0, 0.05) is 12.1 Å². The molecule has 0 aromatic rings. The summed E-state index contributed by atoms with van der Waals surface area (Å²) in [5.41, 5.74) is 10.6. The number of nitrogens with two attached hydrogens (primary N) is 2. The Morgan fingerprint density at radius 1 is 1.40 bits per heavy atom. The normalized spacial score (nSPS) is 17.9. The zero-order valence-corrected chi connectivity index (χ0v) is 10.8. The van der Waals surface area contributed by atoms with Gasteiger partial charge in [0.15, 0.2) is 0 Å². The lowest BCUT2D eigenvalue weighted by Crippen LogP contribution is -2.60. The SMILES string of the molecule is CC(C)(N)CNC(=O)C1(N)CCC1.Cl.Cl. The number of nitrogens with one attached hydrogen (secondary N) is 1. The second-order valence-electron chi connectivity index (χ2n) is 4.68. The Balaban J connectivity index is 0. The Morgan fingerprint density at radius 3 is 2.13 bits per heavy atom. The molecule has 1 fully saturated rings. The standard InChI is InChI=1S/C9H19N3O.2ClH/c1-8(2,10)6-12-7(13)9(11)4-3-5-9;;/h3-6,10-11H2,1-2H3,(H,12,13);2*1H. The molecule has 0 aliphatic heterocycles. The van der Waals surface area contributed by atoms with Crippen LogP contribution in [-0.4, -0.2) is 23.5 Å². The van der Waals surface area contributed by atoms with Crippen LogP contribution in [0.15, 0.2) is 0 Å². The summed E-state index contributed by atoms with van der Waals surface area (Å²) in [4.78, 5) is 11.5. The Labute approximate surface area is 103 Å². The average Bonchev–Trinajstić information content (AvgIpc) is 1.94. The maximum absolute atomic E-state index is 11.5. The molecule has 4 nitrogen and oxygen atoms in total. The molecule has 0 heterocycles. The maximum Gasteiger partial charge on any atom is 0.240 e. The molecule has 0 atom stereocenters. The first-order chi connectivity index (χ1) is 5.83. The highest BCUT2D eigenvalue weighted by Crippen LogP contribution is 2.28. The zero-order chi connectivity index (χ0) is 10.1. The van der Waals surface area contributed by atoms with E-state index in [1.54, 1.807) is 0 Å². The number of amides is 1. The topological polar surface area (TPSA) is 81.1 Å². The summed E-state index contributed by atoms with van der Waals surface area (Å²) in [5, 5.41) is 2.78. The van der Waals surface area contributed by atoms with Crippen molar-refractivity contribution in [3.63, 3.8) is 0 Å². The summed E-state index contributed by atoms with van der Waals surface area (Å²) in [6.45, 7) is 4.22. The number of rotatable bonds is 3. The van der Waals surface area contributed by atoms with Gasteiger partial charge < -0.3 is 16.8 Å². The molecule has 1 saturated carbocycles. The van der Waals surface area contributed by atoms with Gasteiger partial charge in [0.25, 0.3) is 0 Å². The lowest BCUT2D eigenvalue weighted by Gasteiger charge is -2.37.